The lowest BCUT2D eigenvalue weighted by Crippen LogP contribution is -1.94. The first-order valence-electron chi connectivity index (χ1n) is 9.86. The Morgan fingerprint density at radius 3 is 2.16 bits per heavy atom. The Morgan fingerprint density at radius 1 is 0.760 bits per heavy atom. The normalized spacial score (nSPS) is 11.4. The zero-order valence-electron chi connectivity index (χ0n) is 15.4. The van der Waals surface area contributed by atoms with Crippen LogP contribution in [-0.2, 0) is 6.42 Å². The van der Waals surface area contributed by atoms with Crippen molar-refractivity contribution >= 4 is 27.5 Å². The Hall–Kier alpha value is -2.09. The van der Waals surface area contributed by atoms with Crippen molar-refractivity contribution in [2.45, 2.75) is 64.7 Å². The van der Waals surface area contributed by atoms with Gasteiger partial charge in [-0.2, -0.15) is 0 Å². The molecular formula is C23H30N2. The fourth-order valence-corrected chi connectivity index (χ4v) is 3.62. The van der Waals surface area contributed by atoms with Gasteiger partial charge in [0.15, 0.2) is 0 Å². The molecule has 2 heteroatoms. The predicted octanol–water partition coefficient (Wildman–Crippen LogP) is 6.65. The number of hydrogen-bond donors (Lipinski definition) is 1. The maximum absolute atomic E-state index is 6.12. The van der Waals surface area contributed by atoms with Crippen LogP contribution in [0.1, 0.15) is 63.9 Å². The van der Waals surface area contributed by atoms with Crippen molar-refractivity contribution in [3.63, 3.8) is 0 Å². The van der Waals surface area contributed by atoms with Gasteiger partial charge in [-0.1, -0.05) is 82.2 Å². The second-order valence-corrected chi connectivity index (χ2v) is 7.12. The number of aryl methyl sites for hydroxylation is 1. The minimum absolute atomic E-state index is 0.765. The molecule has 1 heterocycles. The summed E-state index contributed by atoms with van der Waals surface area (Å²) in [6.07, 6.45) is 11.9. The molecule has 0 amide bonds. The van der Waals surface area contributed by atoms with Gasteiger partial charge in [-0.3, -0.25) is 0 Å². The fraction of sp³-hybridized carbons (Fsp3) is 0.435. The van der Waals surface area contributed by atoms with Gasteiger partial charge in [-0.15, -0.1) is 0 Å². The minimum atomic E-state index is 0.765. The van der Waals surface area contributed by atoms with Gasteiger partial charge in [0.2, 0.25) is 0 Å². The zero-order valence-corrected chi connectivity index (χ0v) is 15.4. The molecule has 132 valence electrons. The van der Waals surface area contributed by atoms with E-state index in [0.717, 1.165) is 28.5 Å². The van der Waals surface area contributed by atoms with Crippen LogP contribution in [0.5, 0.6) is 0 Å². The average Bonchev–Trinajstić information content (AvgIpc) is 2.63. The van der Waals surface area contributed by atoms with Crippen LogP contribution in [0.15, 0.2) is 42.5 Å². The number of pyridine rings is 1. The van der Waals surface area contributed by atoms with E-state index in [2.05, 4.69) is 37.3 Å². The van der Waals surface area contributed by atoms with E-state index in [1.165, 1.54) is 62.3 Å². The number of benzene rings is 2. The van der Waals surface area contributed by atoms with Crippen LogP contribution in [0, 0.1) is 0 Å². The SMILES string of the molecule is CCCCCCCCCCc1cccc2cc3cccc(N)c3nc12. The number of nitrogen functional groups attached to an aromatic ring is 1. The van der Waals surface area contributed by atoms with Crippen LogP contribution < -0.4 is 5.73 Å². The molecule has 0 saturated heterocycles. The number of rotatable bonds is 9. The van der Waals surface area contributed by atoms with Crippen LogP contribution >= 0.6 is 0 Å². The number of hydrogen-bond acceptors (Lipinski definition) is 2. The minimum Gasteiger partial charge on any atom is -0.397 e. The summed E-state index contributed by atoms with van der Waals surface area (Å²) < 4.78 is 0. The third-order valence-electron chi connectivity index (χ3n) is 5.08. The van der Waals surface area contributed by atoms with Crippen molar-refractivity contribution in [3.8, 4) is 0 Å². The van der Waals surface area contributed by atoms with Gasteiger partial charge in [-0.05, 0) is 30.5 Å². The third kappa shape index (κ3) is 4.50. The number of para-hydroxylation sites is 2. The monoisotopic (exact) mass is 334 g/mol. The van der Waals surface area contributed by atoms with E-state index in [4.69, 9.17) is 10.7 Å². The first kappa shape index (κ1) is 17.7. The predicted molar refractivity (Wildman–Crippen MR) is 110 cm³/mol. The van der Waals surface area contributed by atoms with Gasteiger partial charge in [0, 0.05) is 10.8 Å². The van der Waals surface area contributed by atoms with E-state index < -0.39 is 0 Å². The number of nitrogens with zero attached hydrogens (tertiary/aromatic N) is 1. The van der Waals surface area contributed by atoms with Crippen LogP contribution in [-0.4, -0.2) is 4.98 Å². The smallest absolute Gasteiger partial charge is 0.0938 e. The van der Waals surface area contributed by atoms with Gasteiger partial charge in [-0.25, -0.2) is 4.98 Å². The van der Waals surface area contributed by atoms with Crippen LogP contribution in [0.3, 0.4) is 0 Å². The second kappa shape index (κ2) is 8.84. The Labute approximate surface area is 151 Å². The Kier molecular flexibility index (Phi) is 6.27. The van der Waals surface area contributed by atoms with Crippen molar-refractivity contribution in [2.75, 3.05) is 5.73 Å². The van der Waals surface area contributed by atoms with Crippen molar-refractivity contribution in [1.82, 2.24) is 4.98 Å². The summed E-state index contributed by atoms with van der Waals surface area (Å²) in [5.74, 6) is 0. The van der Waals surface area contributed by atoms with E-state index in [9.17, 15) is 0 Å². The highest BCUT2D eigenvalue weighted by molar-refractivity contribution is 5.98. The maximum Gasteiger partial charge on any atom is 0.0938 e. The highest BCUT2D eigenvalue weighted by Crippen LogP contribution is 2.26. The molecule has 0 spiro atoms. The summed E-state index contributed by atoms with van der Waals surface area (Å²) in [6, 6.07) is 14.8. The Bertz CT molecular complexity index is 823. The molecule has 0 aliphatic rings. The highest BCUT2D eigenvalue weighted by Gasteiger charge is 2.06. The van der Waals surface area contributed by atoms with E-state index in [1.54, 1.807) is 0 Å². The molecule has 0 aliphatic heterocycles. The van der Waals surface area contributed by atoms with Crippen molar-refractivity contribution < 1.29 is 0 Å². The number of fused-ring (bicyclic) bond motifs is 2. The highest BCUT2D eigenvalue weighted by atomic mass is 14.7. The van der Waals surface area contributed by atoms with Crippen molar-refractivity contribution in [3.05, 3.63) is 48.0 Å². The first-order valence-corrected chi connectivity index (χ1v) is 9.86. The summed E-state index contributed by atoms with van der Waals surface area (Å²) in [4.78, 5) is 4.90. The molecule has 25 heavy (non-hydrogen) atoms. The summed E-state index contributed by atoms with van der Waals surface area (Å²) >= 11 is 0. The molecule has 2 aromatic carbocycles. The molecule has 0 aliphatic carbocycles. The molecular weight excluding hydrogens is 304 g/mol. The van der Waals surface area contributed by atoms with Gasteiger partial charge in [0.1, 0.15) is 0 Å². The average molecular weight is 335 g/mol. The fourth-order valence-electron chi connectivity index (χ4n) is 3.62. The lowest BCUT2D eigenvalue weighted by Gasteiger charge is -2.09. The summed E-state index contributed by atoms with van der Waals surface area (Å²) in [5.41, 5.74) is 10.3. The lowest BCUT2D eigenvalue weighted by atomic mass is 10.0. The standard InChI is InChI=1S/C23H30N2/c1-2-3-4-5-6-7-8-9-12-18-13-10-14-19-17-20-15-11-16-21(24)23(20)25-22(18)19/h10-11,13-17H,2-9,12,24H2,1H3. The molecule has 3 aromatic rings. The van der Waals surface area contributed by atoms with Crippen molar-refractivity contribution in [1.29, 1.82) is 0 Å². The van der Waals surface area contributed by atoms with E-state index in [1.807, 2.05) is 12.1 Å². The van der Waals surface area contributed by atoms with Crippen LogP contribution in [0.25, 0.3) is 21.8 Å². The molecule has 0 fully saturated rings. The van der Waals surface area contributed by atoms with Gasteiger partial charge in [0.05, 0.1) is 16.7 Å². The Balaban J connectivity index is 1.64. The largest absolute Gasteiger partial charge is 0.397 e. The van der Waals surface area contributed by atoms with Gasteiger partial charge in [0.25, 0.3) is 0 Å². The third-order valence-corrected chi connectivity index (χ3v) is 5.08. The summed E-state index contributed by atoms with van der Waals surface area (Å²) in [5, 5.41) is 2.34. The topological polar surface area (TPSA) is 38.9 Å². The molecule has 0 atom stereocenters. The van der Waals surface area contributed by atoms with Crippen LogP contribution in [0.4, 0.5) is 5.69 Å². The second-order valence-electron chi connectivity index (χ2n) is 7.12. The molecule has 0 radical (unpaired) electrons. The molecule has 3 rings (SSSR count). The van der Waals surface area contributed by atoms with E-state index in [0.29, 0.717) is 0 Å². The molecule has 0 unspecified atom stereocenters. The number of aromatic nitrogens is 1. The lowest BCUT2D eigenvalue weighted by molar-refractivity contribution is 0.576. The van der Waals surface area contributed by atoms with Gasteiger partial charge < -0.3 is 5.73 Å². The summed E-state index contributed by atoms with van der Waals surface area (Å²) in [7, 11) is 0. The zero-order chi connectivity index (χ0) is 17.5. The number of anilines is 1. The first-order chi connectivity index (χ1) is 12.3. The number of nitrogens with two attached hydrogens (primary N) is 1. The van der Waals surface area contributed by atoms with Crippen molar-refractivity contribution in [2.24, 2.45) is 0 Å². The number of unbranched alkanes of at least 4 members (excludes halogenated alkanes) is 7. The molecule has 2 N–H and O–H groups in total. The van der Waals surface area contributed by atoms with E-state index >= 15 is 0 Å². The Morgan fingerprint density at radius 2 is 1.40 bits per heavy atom. The molecule has 2 nitrogen and oxygen atoms in total. The quantitative estimate of drug-likeness (QED) is 0.270. The molecule has 0 saturated carbocycles. The van der Waals surface area contributed by atoms with E-state index in [-0.39, 0.29) is 0 Å². The van der Waals surface area contributed by atoms with Crippen LogP contribution in [0.2, 0.25) is 0 Å². The van der Waals surface area contributed by atoms with Gasteiger partial charge >= 0.3 is 0 Å². The molecule has 1 aromatic heterocycles. The maximum atomic E-state index is 6.12. The molecule has 0 bridgehead atoms. The summed E-state index contributed by atoms with van der Waals surface area (Å²) in [6.45, 7) is 2.27.